The molecule has 3 nitrogen and oxygen atoms in total. The fourth-order valence-electron chi connectivity index (χ4n) is 3.04. The van der Waals surface area contributed by atoms with Crippen molar-refractivity contribution >= 4 is 5.82 Å². The third kappa shape index (κ3) is 3.27. The monoisotopic (exact) mass is 261 g/mol. The fraction of sp³-hybridized carbons (Fsp3) is 0.688. The topological polar surface area (TPSA) is 19.4 Å². The molecule has 1 aliphatic heterocycles. The Labute approximate surface area is 117 Å². The molecule has 1 fully saturated rings. The molecule has 0 aliphatic carbocycles. The average Bonchev–Trinajstić information content (AvgIpc) is 2.40. The van der Waals surface area contributed by atoms with E-state index in [1.807, 2.05) is 14.1 Å². The van der Waals surface area contributed by atoms with Crippen LogP contribution in [0.15, 0.2) is 12.3 Å². The van der Waals surface area contributed by atoms with Gasteiger partial charge in [-0.05, 0) is 56.5 Å². The molecule has 1 saturated heterocycles. The summed E-state index contributed by atoms with van der Waals surface area (Å²) in [6, 6.07) is 2.80. The van der Waals surface area contributed by atoms with Crippen molar-refractivity contribution in [3.8, 4) is 0 Å². The minimum absolute atomic E-state index is 0.581. The largest absolute Gasteiger partial charge is 0.363 e. The maximum atomic E-state index is 4.61. The smallest absolute Gasteiger partial charge is 0.128 e. The number of nitrogens with zero attached hydrogens (tertiary/aromatic N) is 3. The Kier molecular flexibility index (Phi) is 4.81. The van der Waals surface area contributed by atoms with Crippen LogP contribution in [0.1, 0.15) is 49.8 Å². The van der Waals surface area contributed by atoms with E-state index in [-0.39, 0.29) is 0 Å². The highest BCUT2D eigenvalue weighted by Crippen LogP contribution is 2.33. The van der Waals surface area contributed by atoms with E-state index in [1.54, 1.807) is 0 Å². The molecule has 1 aromatic rings. The lowest BCUT2D eigenvalue weighted by atomic mass is 9.93. The van der Waals surface area contributed by atoms with Crippen molar-refractivity contribution in [1.29, 1.82) is 0 Å². The Morgan fingerprint density at radius 3 is 2.79 bits per heavy atom. The first-order valence-electron chi connectivity index (χ1n) is 7.51. The number of anilines is 1. The van der Waals surface area contributed by atoms with Gasteiger partial charge in [-0.25, -0.2) is 4.98 Å². The molecule has 3 heteroatoms. The molecule has 19 heavy (non-hydrogen) atoms. The van der Waals surface area contributed by atoms with Gasteiger partial charge in [0, 0.05) is 26.3 Å². The molecular formula is C16H27N3. The van der Waals surface area contributed by atoms with Crippen molar-refractivity contribution in [1.82, 2.24) is 9.88 Å². The fourth-order valence-corrected chi connectivity index (χ4v) is 3.04. The Hall–Kier alpha value is -1.09. The van der Waals surface area contributed by atoms with E-state index in [2.05, 4.69) is 40.9 Å². The van der Waals surface area contributed by atoms with E-state index in [1.165, 1.54) is 49.9 Å². The first-order valence-corrected chi connectivity index (χ1v) is 7.51. The van der Waals surface area contributed by atoms with Crippen molar-refractivity contribution in [2.24, 2.45) is 0 Å². The van der Waals surface area contributed by atoms with E-state index in [0.717, 1.165) is 5.82 Å². The summed E-state index contributed by atoms with van der Waals surface area (Å²) in [6.45, 7) is 6.95. The average molecular weight is 261 g/mol. The van der Waals surface area contributed by atoms with E-state index in [9.17, 15) is 0 Å². The second-order valence-corrected chi connectivity index (χ2v) is 5.84. The molecule has 1 unspecified atom stereocenters. The number of likely N-dealkylation sites (tertiary alicyclic amines) is 1. The maximum Gasteiger partial charge on any atom is 0.128 e. The summed E-state index contributed by atoms with van der Waals surface area (Å²) in [5.74, 6) is 1.05. The zero-order chi connectivity index (χ0) is 13.8. The highest BCUT2D eigenvalue weighted by molar-refractivity contribution is 5.42. The van der Waals surface area contributed by atoms with Crippen LogP contribution in [0.3, 0.4) is 0 Å². The molecule has 1 aromatic heterocycles. The van der Waals surface area contributed by atoms with Crippen LogP contribution in [-0.4, -0.2) is 37.1 Å². The standard InChI is InChI=1S/C16H27N3/c1-5-9-19-10-7-6-8-15(19)14-12-17-16(18(3)4)11-13(14)2/h11-12,15H,5-10H2,1-4H3. The van der Waals surface area contributed by atoms with Crippen LogP contribution in [0, 0.1) is 6.92 Å². The molecule has 1 atom stereocenters. The van der Waals surface area contributed by atoms with Crippen LogP contribution in [-0.2, 0) is 0 Å². The Balaban J connectivity index is 2.23. The Morgan fingerprint density at radius 2 is 2.16 bits per heavy atom. The summed E-state index contributed by atoms with van der Waals surface area (Å²) >= 11 is 0. The van der Waals surface area contributed by atoms with Crippen LogP contribution < -0.4 is 4.90 Å². The molecule has 0 radical (unpaired) electrons. The number of pyridine rings is 1. The molecule has 1 aliphatic rings. The molecular weight excluding hydrogens is 234 g/mol. The lowest BCUT2D eigenvalue weighted by Crippen LogP contribution is -2.34. The number of piperidine rings is 1. The SMILES string of the molecule is CCCN1CCCCC1c1cnc(N(C)C)cc1C. The summed E-state index contributed by atoms with van der Waals surface area (Å²) in [6.07, 6.45) is 7.31. The summed E-state index contributed by atoms with van der Waals surface area (Å²) in [5, 5.41) is 0. The molecule has 2 rings (SSSR count). The van der Waals surface area contributed by atoms with Crippen LogP contribution in [0.4, 0.5) is 5.82 Å². The van der Waals surface area contributed by atoms with Gasteiger partial charge in [0.05, 0.1) is 0 Å². The van der Waals surface area contributed by atoms with Crippen molar-refractivity contribution in [2.45, 2.75) is 45.6 Å². The third-order valence-corrected chi connectivity index (χ3v) is 4.08. The second kappa shape index (κ2) is 6.38. The predicted octanol–water partition coefficient (Wildman–Crippen LogP) is 3.39. The summed E-state index contributed by atoms with van der Waals surface area (Å²) < 4.78 is 0. The second-order valence-electron chi connectivity index (χ2n) is 5.84. The molecule has 0 aromatic carbocycles. The van der Waals surface area contributed by atoms with E-state index < -0.39 is 0 Å². The zero-order valence-electron chi connectivity index (χ0n) is 12.8. The van der Waals surface area contributed by atoms with Gasteiger partial charge in [0.15, 0.2) is 0 Å². The highest BCUT2D eigenvalue weighted by atomic mass is 15.2. The van der Waals surface area contributed by atoms with E-state index >= 15 is 0 Å². The molecule has 2 heterocycles. The minimum atomic E-state index is 0.581. The van der Waals surface area contributed by atoms with Gasteiger partial charge in [0.1, 0.15) is 5.82 Å². The number of rotatable bonds is 4. The normalized spacial score (nSPS) is 20.5. The Bertz CT molecular complexity index is 412. The van der Waals surface area contributed by atoms with Crippen molar-refractivity contribution in [2.75, 3.05) is 32.1 Å². The van der Waals surface area contributed by atoms with Crippen LogP contribution >= 0.6 is 0 Å². The summed E-state index contributed by atoms with van der Waals surface area (Å²) in [7, 11) is 4.09. The van der Waals surface area contributed by atoms with Gasteiger partial charge in [-0.1, -0.05) is 13.3 Å². The molecule has 0 N–H and O–H groups in total. The third-order valence-electron chi connectivity index (χ3n) is 4.08. The summed E-state index contributed by atoms with van der Waals surface area (Å²) in [4.78, 5) is 9.32. The van der Waals surface area contributed by atoms with Gasteiger partial charge < -0.3 is 4.90 Å². The van der Waals surface area contributed by atoms with Crippen LogP contribution in [0.25, 0.3) is 0 Å². The first kappa shape index (κ1) is 14.3. The van der Waals surface area contributed by atoms with Gasteiger partial charge >= 0.3 is 0 Å². The van der Waals surface area contributed by atoms with Gasteiger partial charge in [-0.15, -0.1) is 0 Å². The van der Waals surface area contributed by atoms with E-state index in [0.29, 0.717) is 6.04 Å². The van der Waals surface area contributed by atoms with Crippen molar-refractivity contribution < 1.29 is 0 Å². The maximum absolute atomic E-state index is 4.61. The number of aromatic nitrogens is 1. The number of aryl methyl sites for hydroxylation is 1. The minimum Gasteiger partial charge on any atom is -0.363 e. The quantitative estimate of drug-likeness (QED) is 0.828. The Morgan fingerprint density at radius 1 is 1.37 bits per heavy atom. The van der Waals surface area contributed by atoms with Gasteiger partial charge in [-0.3, -0.25) is 4.90 Å². The van der Waals surface area contributed by atoms with Gasteiger partial charge in [0.25, 0.3) is 0 Å². The highest BCUT2D eigenvalue weighted by Gasteiger charge is 2.24. The molecule has 0 bridgehead atoms. The van der Waals surface area contributed by atoms with Crippen LogP contribution in [0.2, 0.25) is 0 Å². The number of hydrogen-bond donors (Lipinski definition) is 0. The first-order chi connectivity index (χ1) is 9.13. The van der Waals surface area contributed by atoms with Crippen molar-refractivity contribution in [3.05, 3.63) is 23.4 Å². The molecule has 0 amide bonds. The zero-order valence-corrected chi connectivity index (χ0v) is 12.8. The van der Waals surface area contributed by atoms with Crippen LogP contribution in [0.5, 0.6) is 0 Å². The molecule has 106 valence electrons. The van der Waals surface area contributed by atoms with E-state index in [4.69, 9.17) is 0 Å². The number of hydrogen-bond acceptors (Lipinski definition) is 3. The molecule has 0 saturated carbocycles. The van der Waals surface area contributed by atoms with Gasteiger partial charge in [-0.2, -0.15) is 0 Å². The predicted molar refractivity (Wildman–Crippen MR) is 81.8 cm³/mol. The molecule has 0 spiro atoms. The van der Waals surface area contributed by atoms with Crippen molar-refractivity contribution in [3.63, 3.8) is 0 Å². The van der Waals surface area contributed by atoms with Gasteiger partial charge in [0.2, 0.25) is 0 Å². The lowest BCUT2D eigenvalue weighted by Gasteiger charge is -2.36. The summed E-state index contributed by atoms with van der Waals surface area (Å²) in [5.41, 5.74) is 2.81. The lowest BCUT2D eigenvalue weighted by molar-refractivity contribution is 0.148.